The Morgan fingerprint density at radius 3 is 2.21 bits per heavy atom. The number of quaternary nitrogens is 1. The fourth-order valence-corrected chi connectivity index (χ4v) is 2.90. The van der Waals surface area contributed by atoms with Gasteiger partial charge in [-0.3, -0.25) is 4.48 Å². The van der Waals surface area contributed by atoms with Crippen LogP contribution in [0.25, 0.3) is 0 Å². The summed E-state index contributed by atoms with van der Waals surface area (Å²) in [6.07, 6.45) is 0. The number of ether oxygens (including phenoxy) is 1. The van der Waals surface area contributed by atoms with E-state index >= 15 is 0 Å². The van der Waals surface area contributed by atoms with E-state index in [1.54, 1.807) is 58.4 Å². The molecule has 2 aromatic carbocycles. The van der Waals surface area contributed by atoms with Gasteiger partial charge in [0.15, 0.2) is 5.69 Å². The van der Waals surface area contributed by atoms with Gasteiger partial charge in [-0.1, -0.05) is 24.3 Å². The minimum Gasteiger partial charge on any atom is -0.744 e. The van der Waals surface area contributed by atoms with Crippen molar-refractivity contribution in [2.24, 2.45) is 0 Å². The average molecular weight is 349 g/mol. The second-order valence-electron chi connectivity index (χ2n) is 6.28. The summed E-state index contributed by atoms with van der Waals surface area (Å²) in [5, 5.41) is 0. The molecule has 7 heteroatoms. The molecule has 128 valence electrons. The number of benzene rings is 2. The summed E-state index contributed by atoms with van der Waals surface area (Å²) in [6, 6.07) is 11.0. The Labute approximate surface area is 141 Å². The van der Waals surface area contributed by atoms with Crippen molar-refractivity contribution in [3.8, 4) is 5.75 Å². The number of nitrogens with zero attached hydrogens (tertiary/aromatic N) is 1. The first kappa shape index (κ1) is 18.1. The van der Waals surface area contributed by atoms with E-state index in [-0.39, 0.29) is 10.2 Å². The lowest BCUT2D eigenvalue weighted by atomic mass is 10.1. The van der Waals surface area contributed by atoms with Crippen LogP contribution < -0.4 is 9.22 Å². The summed E-state index contributed by atoms with van der Waals surface area (Å²) in [6.45, 7) is 1.74. The van der Waals surface area contributed by atoms with Crippen LogP contribution in [-0.2, 0) is 10.1 Å². The monoisotopic (exact) mass is 349 g/mol. The smallest absolute Gasteiger partial charge is 0.344 e. The molecule has 0 heterocycles. The molecular weight excluding hydrogens is 330 g/mol. The number of hydrogen-bond acceptors (Lipinski definition) is 5. The summed E-state index contributed by atoms with van der Waals surface area (Å²) in [5.74, 6) is -0.938. The lowest BCUT2D eigenvalue weighted by Crippen LogP contribution is -2.35. The molecule has 0 N–H and O–H groups in total. The summed E-state index contributed by atoms with van der Waals surface area (Å²) in [4.78, 5) is 11.9. The quantitative estimate of drug-likeness (QED) is 0.366. The van der Waals surface area contributed by atoms with Crippen LogP contribution in [0.4, 0.5) is 5.69 Å². The summed E-state index contributed by atoms with van der Waals surface area (Å²) in [7, 11) is 0.547. The van der Waals surface area contributed by atoms with Crippen LogP contribution in [-0.4, -0.2) is 40.1 Å². The first-order valence-corrected chi connectivity index (χ1v) is 8.61. The van der Waals surface area contributed by atoms with Crippen molar-refractivity contribution < 1.29 is 22.5 Å². The third-order valence-corrected chi connectivity index (χ3v) is 4.37. The molecule has 0 atom stereocenters. The van der Waals surface area contributed by atoms with Crippen LogP contribution in [0, 0.1) is 6.92 Å². The second-order valence-corrected chi connectivity index (χ2v) is 7.62. The largest absolute Gasteiger partial charge is 0.744 e. The van der Waals surface area contributed by atoms with Crippen molar-refractivity contribution in [2.45, 2.75) is 11.8 Å². The molecule has 0 saturated heterocycles. The van der Waals surface area contributed by atoms with Crippen LogP contribution >= 0.6 is 0 Å². The van der Waals surface area contributed by atoms with E-state index in [9.17, 15) is 17.8 Å². The molecule has 0 radical (unpaired) electrons. The van der Waals surface area contributed by atoms with Gasteiger partial charge in [0, 0.05) is 6.07 Å². The third-order valence-electron chi connectivity index (χ3n) is 3.51. The molecule has 0 saturated carbocycles. The lowest BCUT2D eigenvalue weighted by molar-refractivity contribution is 0.0728. The van der Waals surface area contributed by atoms with E-state index in [2.05, 4.69) is 0 Å². The zero-order valence-corrected chi connectivity index (χ0v) is 14.8. The Morgan fingerprint density at radius 2 is 1.67 bits per heavy atom. The van der Waals surface area contributed by atoms with Crippen LogP contribution in [0.1, 0.15) is 15.9 Å². The van der Waals surface area contributed by atoms with Gasteiger partial charge < -0.3 is 9.29 Å². The molecular formula is C17H19NO5S. The number of para-hydroxylation sites is 1. The van der Waals surface area contributed by atoms with Gasteiger partial charge in [0.25, 0.3) is 0 Å². The Balaban J connectivity index is 2.60. The van der Waals surface area contributed by atoms with Crippen LogP contribution in [0.3, 0.4) is 0 Å². The van der Waals surface area contributed by atoms with Crippen LogP contribution in [0.15, 0.2) is 47.4 Å². The summed E-state index contributed by atoms with van der Waals surface area (Å²) >= 11 is 0. The zero-order valence-electron chi connectivity index (χ0n) is 13.9. The predicted molar refractivity (Wildman–Crippen MR) is 90.1 cm³/mol. The highest BCUT2D eigenvalue weighted by Crippen LogP contribution is 2.37. The molecule has 0 spiro atoms. The fraction of sp³-hybridized carbons (Fsp3) is 0.235. The minimum absolute atomic E-state index is 0.180. The fourth-order valence-electron chi connectivity index (χ4n) is 2.28. The highest BCUT2D eigenvalue weighted by Gasteiger charge is 2.27. The topological polar surface area (TPSA) is 83.5 Å². The molecule has 0 bridgehead atoms. The Kier molecular flexibility index (Phi) is 4.80. The van der Waals surface area contributed by atoms with Gasteiger partial charge in [-0.15, -0.1) is 0 Å². The molecule has 0 aliphatic heterocycles. The average Bonchev–Trinajstić information content (AvgIpc) is 2.45. The Morgan fingerprint density at radius 1 is 1.04 bits per heavy atom. The van der Waals surface area contributed by atoms with Gasteiger partial charge in [-0.05, 0) is 24.6 Å². The lowest BCUT2D eigenvalue weighted by Gasteiger charge is -2.27. The maximum absolute atomic E-state index is 12.5. The number of aryl methyl sites for hydroxylation is 1. The van der Waals surface area contributed by atoms with Crippen molar-refractivity contribution in [1.82, 2.24) is 4.48 Å². The molecule has 6 nitrogen and oxygen atoms in total. The molecule has 0 amide bonds. The molecule has 0 aliphatic rings. The summed E-state index contributed by atoms with van der Waals surface area (Å²) < 4.78 is 40.2. The van der Waals surface area contributed by atoms with E-state index in [4.69, 9.17) is 4.74 Å². The minimum atomic E-state index is -4.79. The van der Waals surface area contributed by atoms with E-state index in [1.807, 2.05) is 0 Å². The maximum Gasteiger partial charge on any atom is 0.344 e. The molecule has 0 aromatic heterocycles. The van der Waals surface area contributed by atoms with Crippen molar-refractivity contribution in [3.63, 3.8) is 0 Å². The van der Waals surface area contributed by atoms with Crippen LogP contribution in [0.5, 0.6) is 5.75 Å². The maximum atomic E-state index is 12.5. The van der Waals surface area contributed by atoms with Crippen molar-refractivity contribution in [1.29, 1.82) is 0 Å². The molecule has 0 fully saturated rings. The van der Waals surface area contributed by atoms with Crippen molar-refractivity contribution in [3.05, 3.63) is 53.6 Å². The van der Waals surface area contributed by atoms with Gasteiger partial charge in [0.2, 0.25) is 5.75 Å². The first-order valence-electron chi connectivity index (χ1n) is 7.20. The molecule has 2 rings (SSSR count). The highest BCUT2D eigenvalue weighted by atomic mass is 32.2. The number of carbonyl (C=O) groups excluding carboxylic acids is 1. The van der Waals surface area contributed by atoms with E-state index in [1.165, 1.54) is 6.07 Å². The number of rotatable bonds is 4. The highest BCUT2D eigenvalue weighted by molar-refractivity contribution is 7.85. The molecule has 2 aromatic rings. The van der Waals surface area contributed by atoms with Gasteiger partial charge in [-0.25, -0.2) is 13.2 Å². The van der Waals surface area contributed by atoms with Gasteiger partial charge in [0.05, 0.1) is 26.7 Å². The normalized spacial score (nSPS) is 12.0. The Hall–Kier alpha value is -2.22. The Bertz CT molecular complexity index is 882. The van der Waals surface area contributed by atoms with E-state index < -0.39 is 21.0 Å². The van der Waals surface area contributed by atoms with Crippen molar-refractivity contribution in [2.75, 3.05) is 21.1 Å². The third kappa shape index (κ3) is 3.81. The van der Waals surface area contributed by atoms with E-state index in [0.29, 0.717) is 16.8 Å². The first-order chi connectivity index (χ1) is 11.0. The van der Waals surface area contributed by atoms with E-state index in [0.717, 1.165) is 6.07 Å². The van der Waals surface area contributed by atoms with Crippen molar-refractivity contribution >= 4 is 21.8 Å². The molecule has 24 heavy (non-hydrogen) atoms. The van der Waals surface area contributed by atoms with Gasteiger partial charge >= 0.3 is 5.97 Å². The summed E-state index contributed by atoms with van der Waals surface area (Å²) in [5.41, 5.74) is 1.41. The molecule has 0 aliphatic carbocycles. The second kappa shape index (κ2) is 6.35. The predicted octanol–water partition coefficient (Wildman–Crippen LogP) is 2.32. The number of carbonyl (C=O) groups is 1. The number of hydrogen-bond donors (Lipinski definition) is 0. The number of esters is 1. The zero-order chi connectivity index (χ0) is 18.1. The standard InChI is InChI=1S/C17H19NO5S/c1-12-8-5-6-9-13(12)17(19)23-16-14(18(2,3)4)10-7-11-15(16)24(20,21)22/h5-11H,1-4H3. The van der Waals surface area contributed by atoms with Gasteiger partial charge in [-0.2, -0.15) is 0 Å². The van der Waals surface area contributed by atoms with Crippen LogP contribution in [0.2, 0.25) is 0 Å². The molecule has 0 unspecified atom stereocenters. The van der Waals surface area contributed by atoms with Gasteiger partial charge in [0.1, 0.15) is 15.0 Å². The SMILES string of the molecule is Cc1ccccc1C(=O)Oc1c([N+](C)(C)C)cccc1S(=O)(=O)[O-].